The van der Waals surface area contributed by atoms with Gasteiger partial charge < -0.3 is 10.5 Å². The predicted molar refractivity (Wildman–Crippen MR) is 29.7 cm³/mol. The molecule has 47 valence electrons. The van der Waals surface area contributed by atoms with Crippen LogP contribution in [-0.4, -0.2) is 12.5 Å². The molecule has 0 aromatic heterocycles. The van der Waals surface area contributed by atoms with Gasteiger partial charge in [-0.15, -0.1) is 0 Å². The van der Waals surface area contributed by atoms with Gasteiger partial charge in [0.2, 0.25) is 5.91 Å². The fourth-order valence-corrected chi connectivity index (χ4v) is 0.348. The first kappa shape index (κ1) is 7.43. The predicted octanol–water partition coefficient (Wildman–Crippen LogP) is 0.0601. The van der Waals surface area contributed by atoms with Gasteiger partial charge in [0.05, 0.1) is 7.11 Å². The number of amides is 1. The lowest BCUT2D eigenvalue weighted by Crippen LogP contribution is -2.10. The van der Waals surface area contributed by atoms with Gasteiger partial charge >= 0.3 is 0 Å². The molecule has 0 saturated carbocycles. The number of carbonyl (C=O) groups excluding carboxylic acids is 1. The Hall–Kier alpha value is -0.570. The molecule has 0 unspecified atom stereocenters. The number of hydrogen-bond donors (Lipinski definition) is 1. The summed E-state index contributed by atoms with van der Waals surface area (Å²) in [7, 11) is 3.13. The van der Waals surface area contributed by atoms with Crippen molar-refractivity contribution in [2.24, 2.45) is 5.73 Å². The van der Waals surface area contributed by atoms with Crippen molar-refractivity contribution in [1.82, 2.24) is 0 Å². The van der Waals surface area contributed by atoms with Crippen LogP contribution < -0.4 is 5.73 Å². The SMILES string of the molecule is [CH2]OCCCC(N)=O. The van der Waals surface area contributed by atoms with Crippen LogP contribution in [0.25, 0.3) is 0 Å². The van der Waals surface area contributed by atoms with E-state index in [1.807, 2.05) is 0 Å². The molecule has 0 fully saturated rings. The summed E-state index contributed by atoms with van der Waals surface area (Å²) in [6.45, 7) is 0.503. The lowest BCUT2D eigenvalue weighted by Gasteiger charge is -1.92. The molecule has 0 spiro atoms. The van der Waals surface area contributed by atoms with Crippen LogP contribution in [0, 0.1) is 7.11 Å². The van der Waals surface area contributed by atoms with Crippen LogP contribution in [0.2, 0.25) is 0 Å². The van der Waals surface area contributed by atoms with Crippen LogP contribution in [0.1, 0.15) is 12.8 Å². The Kier molecular flexibility index (Phi) is 4.26. The number of rotatable bonds is 4. The summed E-state index contributed by atoms with van der Waals surface area (Å²) in [6.07, 6.45) is 1.05. The summed E-state index contributed by atoms with van der Waals surface area (Å²) in [5.74, 6) is -0.290. The van der Waals surface area contributed by atoms with E-state index in [1.165, 1.54) is 0 Å². The number of ether oxygens (including phenoxy) is 1. The maximum absolute atomic E-state index is 10.0. The maximum atomic E-state index is 10.0. The zero-order valence-electron chi connectivity index (χ0n) is 4.72. The Bertz CT molecular complexity index is 72.8. The van der Waals surface area contributed by atoms with Gasteiger partial charge in [-0.25, -0.2) is 0 Å². The molecule has 0 aliphatic carbocycles. The number of hydrogen-bond acceptors (Lipinski definition) is 2. The van der Waals surface area contributed by atoms with Crippen LogP contribution in [0.5, 0.6) is 0 Å². The third kappa shape index (κ3) is 5.43. The van der Waals surface area contributed by atoms with Gasteiger partial charge in [-0.05, 0) is 6.42 Å². The maximum Gasteiger partial charge on any atom is 0.217 e. The topological polar surface area (TPSA) is 52.3 Å². The van der Waals surface area contributed by atoms with Gasteiger partial charge in [0.1, 0.15) is 0 Å². The summed E-state index contributed by atoms with van der Waals surface area (Å²) in [4.78, 5) is 10.0. The van der Waals surface area contributed by atoms with Crippen molar-refractivity contribution < 1.29 is 9.53 Å². The van der Waals surface area contributed by atoms with Crippen molar-refractivity contribution in [2.75, 3.05) is 6.61 Å². The molecule has 0 bridgehead atoms. The van der Waals surface area contributed by atoms with Crippen molar-refractivity contribution in [3.63, 3.8) is 0 Å². The van der Waals surface area contributed by atoms with Gasteiger partial charge in [0.25, 0.3) is 0 Å². The monoisotopic (exact) mass is 116 g/mol. The molecule has 0 heterocycles. The van der Waals surface area contributed by atoms with Crippen LogP contribution in [0.4, 0.5) is 0 Å². The molecule has 3 nitrogen and oxygen atoms in total. The van der Waals surface area contributed by atoms with E-state index in [0.29, 0.717) is 19.4 Å². The first-order chi connectivity index (χ1) is 3.77. The molecule has 0 rings (SSSR count). The van der Waals surface area contributed by atoms with Crippen molar-refractivity contribution in [2.45, 2.75) is 12.8 Å². The highest BCUT2D eigenvalue weighted by Gasteiger charge is 1.90. The Labute approximate surface area is 48.8 Å². The van der Waals surface area contributed by atoms with Gasteiger partial charge in [-0.1, -0.05) is 0 Å². The Balaban J connectivity index is 2.82. The van der Waals surface area contributed by atoms with E-state index in [2.05, 4.69) is 11.8 Å². The zero-order valence-corrected chi connectivity index (χ0v) is 4.72. The zero-order chi connectivity index (χ0) is 6.41. The smallest absolute Gasteiger partial charge is 0.217 e. The first-order valence-corrected chi connectivity index (χ1v) is 2.42. The summed E-state index contributed by atoms with van der Waals surface area (Å²) < 4.78 is 4.43. The average Bonchev–Trinajstić information content (AvgIpc) is 1.66. The Morgan fingerprint density at radius 1 is 1.75 bits per heavy atom. The summed E-state index contributed by atoms with van der Waals surface area (Å²) >= 11 is 0. The molecule has 1 amide bonds. The Morgan fingerprint density at radius 2 is 2.38 bits per heavy atom. The van der Waals surface area contributed by atoms with Gasteiger partial charge in [-0.3, -0.25) is 4.79 Å². The van der Waals surface area contributed by atoms with Crippen molar-refractivity contribution in [3.05, 3.63) is 7.11 Å². The number of nitrogens with two attached hydrogens (primary N) is 1. The van der Waals surface area contributed by atoms with Crippen LogP contribution >= 0.6 is 0 Å². The summed E-state index contributed by atoms with van der Waals surface area (Å²) in [6, 6.07) is 0. The van der Waals surface area contributed by atoms with E-state index in [1.54, 1.807) is 0 Å². The molecular weight excluding hydrogens is 106 g/mol. The van der Waals surface area contributed by atoms with Crippen molar-refractivity contribution in [3.8, 4) is 0 Å². The molecule has 1 radical (unpaired) electrons. The fourth-order valence-electron chi connectivity index (χ4n) is 0.348. The van der Waals surface area contributed by atoms with Gasteiger partial charge in [0, 0.05) is 13.0 Å². The first-order valence-electron chi connectivity index (χ1n) is 2.42. The molecule has 0 aromatic carbocycles. The summed E-state index contributed by atoms with van der Waals surface area (Å²) in [5, 5.41) is 0. The second kappa shape index (κ2) is 4.59. The third-order valence-electron chi connectivity index (χ3n) is 0.712. The highest BCUT2D eigenvalue weighted by atomic mass is 16.5. The third-order valence-corrected chi connectivity index (χ3v) is 0.712. The Morgan fingerprint density at radius 3 is 2.75 bits per heavy atom. The fraction of sp³-hybridized carbons (Fsp3) is 0.600. The molecule has 0 aromatic rings. The molecule has 0 atom stereocenters. The van der Waals surface area contributed by atoms with E-state index in [-0.39, 0.29) is 5.91 Å². The second-order valence-electron chi connectivity index (χ2n) is 1.48. The molecule has 0 aliphatic rings. The molecule has 0 aliphatic heterocycles. The van der Waals surface area contributed by atoms with E-state index >= 15 is 0 Å². The molecule has 0 saturated heterocycles. The molecule has 2 N–H and O–H groups in total. The summed E-state index contributed by atoms with van der Waals surface area (Å²) in [5.41, 5.74) is 4.82. The minimum atomic E-state index is -0.290. The minimum Gasteiger partial charge on any atom is -0.379 e. The average molecular weight is 116 g/mol. The number of primary amides is 1. The standard InChI is InChI=1S/C5H10NO2/c1-8-4-2-3-5(6)7/h1-4H2,(H2,6,7). The van der Waals surface area contributed by atoms with Crippen molar-refractivity contribution >= 4 is 5.91 Å². The quantitative estimate of drug-likeness (QED) is 0.528. The second-order valence-corrected chi connectivity index (χ2v) is 1.48. The van der Waals surface area contributed by atoms with Gasteiger partial charge in [0.15, 0.2) is 0 Å². The largest absolute Gasteiger partial charge is 0.379 e. The van der Waals surface area contributed by atoms with E-state index in [9.17, 15) is 4.79 Å². The van der Waals surface area contributed by atoms with E-state index < -0.39 is 0 Å². The lowest BCUT2D eigenvalue weighted by molar-refractivity contribution is -0.118. The highest BCUT2D eigenvalue weighted by Crippen LogP contribution is 1.86. The lowest BCUT2D eigenvalue weighted by atomic mass is 10.3. The molecule has 8 heavy (non-hydrogen) atoms. The molecule has 3 heteroatoms. The molecular formula is C5H10NO2. The van der Waals surface area contributed by atoms with E-state index in [0.717, 1.165) is 0 Å². The number of carbonyl (C=O) groups is 1. The van der Waals surface area contributed by atoms with Crippen LogP contribution in [0.15, 0.2) is 0 Å². The van der Waals surface area contributed by atoms with E-state index in [4.69, 9.17) is 5.73 Å². The van der Waals surface area contributed by atoms with Crippen LogP contribution in [0.3, 0.4) is 0 Å². The van der Waals surface area contributed by atoms with Crippen LogP contribution in [-0.2, 0) is 9.53 Å². The minimum absolute atomic E-state index is 0.290. The highest BCUT2D eigenvalue weighted by molar-refractivity contribution is 5.73. The normalized spacial score (nSPS) is 9.12. The van der Waals surface area contributed by atoms with Gasteiger partial charge in [-0.2, -0.15) is 0 Å². The van der Waals surface area contributed by atoms with Crippen molar-refractivity contribution in [1.29, 1.82) is 0 Å².